The van der Waals surface area contributed by atoms with Gasteiger partial charge in [0.1, 0.15) is 11.8 Å². The summed E-state index contributed by atoms with van der Waals surface area (Å²) in [6.45, 7) is 2.13. The number of benzene rings is 1. The first-order chi connectivity index (χ1) is 13.5. The summed E-state index contributed by atoms with van der Waals surface area (Å²) in [5.41, 5.74) is 6.81. The fourth-order valence-corrected chi connectivity index (χ4v) is 2.87. The van der Waals surface area contributed by atoms with Crippen molar-refractivity contribution in [3.63, 3.8) is 0 Å². The number of carbonyl (C=O) groups is 2. The van der Waals surface area contributed by atoms with Crippen LogP contribution in [0.3, 0.4) is 0 Å². The number of hydrogen-bond acceptors (Lipinski definition) is 7. The number of nitrogens with zero attached hydrogens (tertiary/aromatic N) is 3. The smallest absolute Gasteiger partial charge is 0.357 e. The van der Waals surface area contributed by atoms with Crippen molar-refractivity contribution < 1.29 is 23.8 Å². The monoisotopic (exact) mass is 384 g/mol. The van der Waals surface area contributed by atoms with Gasteiger partial charge in [-0.15, -0.1) is 0 Å². The number of carbonyl (C=O) groups excluding carboxylic acids is 2. The number of hydrogen-bond donors (Lipinski definition) is 1. The molecule has 28 heavy (non-hydrogen) atoms. The predicted octanol–water partition coefficient (Wildman–Crippen LogP) is 0.955. The number of ether oxygens (including phenoxy) is 3. The molecule has 1 amide bonds. The van der Waals surface area contributed by atoms with Crippen molar-refractivity contribution in [2.24, 2.45) is 0 Å². The molecule has 1 aromatic carbocycles. The highest BCUT2D eigenvalue weighted by molar-refractivity contribution is 5.95. The van der Waals surface area contributed by atoms with Gasteiger partial charge < -0.3 is 29.4 Å². The molecular weight excluding hydrogens is 364 g/mol. The van der Waals surface area contributed by atoms with Crippen LogP contribution in [0.1, 0.15) is 16.1 Å². The Morgan fingerprint density at radius 1 is 1.25 bits per heavy atom. The number of esters is 1. The highest BCUT2D eigenvalue weighted by Gasteiger charge is 2.22. The fourth-order valence-electron chi connectivity index (χ4n) is 2.87. The average Bonchev–Trinajstić information content (AvgIpc) is 3.08. The van der Waals surface area contributed by atoms with Crippen molar-refractivity contribution in [1.82, 2.24) is 9.47 Å². The molecule has 0 unspecified atom stereocenters. The summed E-state index contributed by atoms with van der Waals surface area (Å²) in [5.74, 6) is -0.238. The van der Waals surface area contributed by atoms with E-state index < -0.39 is 5.97 Å². The highest BCUT2D eigenvalue weighted by atomic mass is 16.5. The average molecular weight is 384 g/mol. The molecule has 1 aromatic heterocycles. The van der Waals surface area contributed by atoms with E-state index in [0.29, 0.717) is 37.7 Å². The number of methoxy groups -OCH3 is 1. The molecule has 1 aliphatic heterocycles. The van der Waals surface area contributed by atoms with Gasteiger partial charge in [-0.25, -0.2) is 4.79 Å². The van der Waals surface area contributed by atoms with E-state index in [1.54, 1.807) is 29.2 Å². The third-order valence-electron chi connectivity index (χ3n) is 4.38. The second kappa shape index (κ2) is 8.45. The standard InChI is InChI=1S/C19H20N4O5/c1-26-19(25)18-17(21)13(10-20)11-23(18)14-2-4-15(5-3-14)28-12-16(24)22-6-8-27-9-7-22/h2-5,11H,6-9,12,21H2,1H3. The summed E-state index contributed by atoms with van der Waals surface area (Å²) in [5, 5.41) is 9.17. The molecule has 1 fully saturated rings. The van der Waals surface area contributed by atoms with Crippen molar-refractivity contribution in [3.8, 4) is 17.5 Å². The minimum atomic E-state index is -0.643. The zero-order chi connectivity index (χ0) is 20.1. The van der Waals surface area contributed by atoms with Crippen LogP contribution < -0.4 is 10.5 Å². The lowest BCUT2D eigenvalue weighted by molar-refractivity contribution is -0.137. The van der Waals surface area contributed by atoms with E-state index in [9.17, 15) is 14.9 Å². The third-order valence-corrected chi connectivity index (χ3v) is 4.38. The van der Waals surface area contributed by atoms with E-state index in [1.807, 2.05) is 6.07 Å². The second-order valence-electron chi connectivity index (χ2n) is 6.05. The van der Waals surface area contributed by atoms with Crippen molar-refractivity contribution in [2.45, 2.75) is 0 Å². The molecular formula is C19H20N4O5. The van der Waals surface area contributed by atoms with Crippen LogP contribution in [0.4, 0.5) is 5.69 Å². The van der Waals surface area contributed by atoms with Gasteiger partial charge in [-0.05, 0) is 24.3 Å². The molecule has 0 saturated carbocycles. The third kappa shape index (κ3) is 3.92. The molecule has 1 aliphatic rings. The molecule has 9 heteroatoms. The van der Waals surface area contributed by atoms with Crippen molar-refractivity contribution in [2.75, 3.05) is 45.8 Å². The molecule has 3 rings (SSSR count). The van der Waals surface area contributed by atoms with Crippen LogP contribution >= 0.6 is 0 Å². The van der Waals surface area contributed by atoms with Gasteiger partial charge in [0, 0.05) is 25.0 Å². The number of rotatable bonds is 5. The van der Waals surface area contributed by atoms with Crippen LogP contribution in [-0.4, -0.2) is 61.4 Å². The topological polar surface area (TPSA) is 120 Å². The predicted molar refractivity (Wildman–Crippen MR) is 99.1 cm³/mol. The van der Waals surface area contributed by atoms with Gasteiger partial charge in [0.05, 0.1) is 31.6 Å². The van der Waals surface area contributed by atoms with Gasteiger partial charge in [0.25, 0.3) is 5.91 Å². The Bertz CT molecular complexity index is 908. The fraction of sp³-hybridized carbons (Fsp3) is 0.316. The first-order valence-corrected chi connectivity index (χ1v) is 8.63. The minimum Gasteiger partial charge on any atom is -0.484 e. The maximum absolute atomic E-state index is 12.1. The van der Waals surface area contributed by atoms with Crippen molar-refractivity contribution >= 4 is 17.6 Å². The Balaban J connectivity index is 1.73. The lowest BCUT2D eigenvalue weighted by Gasteiger charge is -2.26. The molecule has 0 bridgehead atoms. The van der Waals surface area contributed by atoms with Gasteiger partial charge >= 0.3 is 5.97 Å². The van der Waals surface area contributed by atoms with E-state index >= 15 is 0 Å². The molecule has 0 atom stereocenters. The Morgan fingerprint density at radius 3 is 2.54 bits per heavy atom. The summed E-state index contributed by atoms with van der Waals surface area (Å²) in [6.07, 6.45) is 1.47. The first kappa shape index (κ1) is 19.3. The van der Waals surface area contributed by atoms with Crippen molar-refractivity contribution in [1.29, 1.82) is 5.26 Å². The Labute approximate surface area is 161 Å². The Hall–Kier alpha value is -3.51. The van der Waals surface area contributed by atoms with Gasteiger partial charge in [0.2, 0.25) is 0 Å². The van der Waals surface area contributed by atoms with E-state index in [-0.39, 0.29) is 29.5 Å². The molecule has 0 radical (unpaired) electrons. The Morgan fingerprint density at radius 2 is 1.93 bits per heavy atom. The molecule has 9 nitrogen and oxygen atoms in total. The van der Waals surface area contributed by atoms with Crippen LogP contribution in [0, 0.1) is 11.3 Å². The lowest BCUT2D eigenvalue weighted by Crippen LogP contribution is -2.42. The first-order valence-electron chi connectivity index (χ1n) is 8.63. The largest absolute Gasteiger partial charge is 0.484 e. The second-order valence-corrected chi connectivity index (χ2v) is 6.05. The van der Waals surface area contributed by atoms with E-state index in [2.05, 4.69) is 0 Å². The lowest BCUT2D eigenvalue weighted by atomic mass is 10.2. The van der Waals surface area contributed by atoms with Crippen LogP contribution in [0.2, 0.25) is 0 Å². The number of nitriles is 1. The van der Waals surface area contributed by atoms with Crippen molar-refractivity contribution in [3.05, 3.63) is 41.7 Å². The molecule has 1 saturated heterocycles. The van der Waals surface area contributed by atoms with Gasteiger partial charge in [0.15, 0.2) is 12.3 Å². The van der Waals surface area contributed by atoms with Gasteiger partial charge in [-0.3, -0.25) is 4.79 Å². The molecule has 146 valence electrons. The quantitative estimate of drug-likeness (QED) is 0.762. The number of amides is 1. The summed E-state index contributed by atoms with van der Waals surface area (Å²) in [4.78, 5) is 25.9. The number of nitrogens with two attached hydrogens (primary N) is 1. The summed E-state index contributed by atoms with van der Waals surface area (Å²) >= 11 is 0. The van der Waals surface area contributed by atoms with Crippen LogP contribution in [-0.2, 0) is 14.3 Å². The van der Waals surface area contributed by atoms with Crippen LogP contribution in [0.25, 0.3) is 5.69 Å². The SMILES string of the molecule is COC(=O)c1c(N)c(C#N)cn1-c1ccc(OCC(=O)N2CCOCC2)cc1. The zero-order valence-corrected chi connectivity index (χ0v) is 15.4. The molecule has 2 heterocycles. The maximum atomic E-state index is 12.1. The normalized spacial score (nSPS) is 13.6. The van der Waals surface area contributed by atoms with E-state index in [4.69, 9.17) is 19.9 Å². The van der Waals surface area contributed by atoms with Crippen LogP contribution in [0.15, 0.2) is 30.5 Å². The summed E-state index contributed by atoms with van der Waals surface area (Å²) < 4.78 is 17.0. The summed E-state index contributed by atoms with van der Waals surface area (Å²) in [6, 6.07) is 8.69. The van der Waals surface area contributed by atoms with Crippen LogP contribution in [0.5, 0.6) is 5.75 Å². The highest BCUT2D eigenvalue weighted by Crippen LogP contribution is 2.25. The number of aromatic nitrogens is 1. The molecule has 0 spiro atoms. The number of morpholine rings is 1. The van der Waals surface area contributed by atoms with E-state index in [1.165, 1.54) is 17.9 Å². The molecule has 2 aromatic rings. The number of nitrogen functional groups attached to an aromatic ring is 1. The molecule has 0 aliphatic carbocycles. The van der Waals surface area contributed by atoms with Gasteiger partial charge in [-0.1, -0.05) is 0 Å². The van der Waals surface area contributed by atoms with E-state index in [0.717, 1.165) is 0 Å². The maximum Gasteiger partial charge on any atom is 0.357 e. The zero-order valence-electron chi connectivity index (χ0n) is 15.4. The summed E-state index contributed by atoms with van der Waals surface area (Å²) in [7, 11) is 1.24. The Kier molecular flexibility index (Phi) is 5.81. The molecule has 2 N–H and O–H groups in total. The van der Waals surface area contributed by atoms with Gasteiger partial charge in [-0.2, -0.15) is 5.26 Å². The minimum absolute atomic E-state index is 0.0609. The number of anilines is 1.